The van der Waals surface area contributed by atoms with Crippen LogP contribution in [0, 0.1) is 12.8 Å². The molecule has 0 spiro atoms. The number of benzene rings is 1. The summed E-state index contributed by atoms with van der Waals surface area (Å²) < 4.78 is 21.8. The zero-order valence-corrected chi connectivity index (χ0v) is 16.6. The Morgan fingerprint density at radius 3 is 2.15 bits per heavy atom. The van der Waals surface area contributed by atoms with Gasteiger partial charge in [0.2, 0.25) is 0 Å². The number of esters is 1. The van der Waals surface area contributed by atoms with Crippen molar-refractivity contribution < 1.29 is 23.7 Å². The van der Waals surface area contributed by atoms with Gasteiger partial charge in [-0.25, -0.2) is 4.79 Å². The van der Waals surface area contributed by atoms with E-state index in [-0.39, 0.29) is 23.7 Å². The third-order valence-corrected chi connectivity index (χ3v) is 4.98. The highest BCUT2D eigenvalue weighted by atomic mass is 16.5. The predicted octanol–water partition coefficient (Wildman–Crippen LogP) is 4.14. The van der Waals surface area contributed by atoms with Gasteiger partial charge in [0.25, 0.3) is 0 Å². The lowest BCUT2D eigenvalue weighted by Crippen LogP contribution is -2.17. The molecule has 142 valence electrons. The monoisotopic (exact) mass is 360 g/mol. The zero-order chi connectivity index (χ0) is 19.4. The zero-order valence-electron chi connectivity index (χ0n) is 16.6. The van der Waals surface area contributed by atoms with E-state index in [1.54, 1.807) is 21.3 Å². The number of methoxy groups -OCH3 is 4. The summed E-state index contributed by atoms with van der Waals surface area (Å²) in [6.45, 7) is 6.16. The topological polar surface area (TPSA) is 54.0 Å². The van der Waals surface area contributed by atoms with Crippen LogP contribution in [0.3, 0.4) is 0 Å². The molecule has 1 aromatic rings. The summed E-state index contributed by atoms with van der Waals surface area (Å²) >= 11 is 0. The molecule has 26 heavy (non-hydrogen) atoms. The molecule has 0 bridgehead atoms. The maximum absolute atomic E-state index is 11.5. The highest BCUT2D eigenvalue weighted by molar-refractivity contribution is 5.81. The van der Waals surface area contributed by atoms with Gasteiger partial charge >= 0.3 is 5.97 Å². The Hall–Kier alpha value is -2.43. The van der Waals surface area contributed by atoms with Gasteiger partial charge in [-0.15, -0.1) is 0 Å². The summed E-state index contributed by atoms with van der Waals surface area (Å²) in [5.74, 6) is 2.17. The number of ether oxygens (including phenoxy) is 4. The van der Waals surface area contributed by atoms with Crippen LogP contribution in [0.15, 0.2) is 24.3 Å². The van der Waals surface area contributed by atoms with E-state index in [1.165, 1.54) is 13.2 Å². The normalized spacial score (nSPS) is 19.8. The Labute approximate surface area is 155 Å². The molecule has 1 aromatic carbocycles. The van der Waals surface area contributed by atoms with Crippen molar-refractivity contribution in [3.05, 3.63) is 41.0 Å². The molecule has 0 N–H and O–H groups in total. The number of hydrogen-bond acceptors (Lipinski definition) is 5. The van der Waals surface area contributed by atoms with Crippen LogP contribution in [-0.2, 0) is 9.53 Å². The molecule has 0 heterocycles. The highest BCUT2D eigenvalue weighted by Gasteiger charge is 2.34. The van der Waals surface area contributed by atoms with Crippen molar-refractivity contribution in [3.8, 4) is 17.2 Å². The van der Waals surface area contributed by atoms with E-state index >= 15 is 0 Å². The van der Waals surface area contributed by atoms with E-state index in [1.807, 2.05) is 13.0 Å². The minimum atomic E-state index is -0.360. The van der Waals surface area contributed by atoms with Crippen LogP contribution in [0.2, 0.25) is 0 Å². The van der Waals surface area contributed by atoms with Gasteiger partial charge in [0, 0.05) is 34.6 Å². The van der Waals surface area contributed by atoms with E-state index in [2.05, 4.69) is 26.0 Å². The fourth-order valence-electron chi connectivity index (χ4n) is 3.67. The number of hydrogen-bond donors (Lipinski definition) is 0. The van der Waals surface area contributed by atoms with Gasteiger partial charge in [0.05, 0.1) is 28.4 Å². The molecule has 5 nitrogen and oxygen atoms in total. The molecular weight excluding hydrogens is 332 g/mol. The minimum Gasteiger partial charge on any atom is -0.496 e. The standard InChI is InChI=1S/C21H28O5/c1-12(9-11-16(22)23-4)15-10-8-13(2)17-18(15)19(24-5)14(3)20(25-6)21(17)26-7/h8-13,15H,1-7H3/b11-9+/t12-,13+,15-/m1/s1. The van der Waals surface area contributed by atoms with Crippen LogP contribution in [-0.4, -0.2) is 34.4 Å². The van der Waals surface area contributed by atoms with Crippen molar-refractivity contribution in [1.82, 2.24) is 0 Å². The van der Waals surface area contributed by atoms with E-state index < -0.39 is 0 Å². The van der Waals surface area contributed by atoms with Gasteiger partial charge in [-0.3, -0.25) is 0 Å². The molecule has 0 aromatic heterocycles. The third-order valence-electron chi connectivity index (χ3n) is 4.98. The summed E-state index contributed by atoms with van der Waals surface area (Å²) in [5, 5.41) is 0. The van der Waals surface area contributed by atoms with Crippen LogP contribution in [0.1, 0.15) is 42.4 Å². The molecule has 1 aliphatic rings. The van der Waals surface area contributed by atoms with E-state index in [0.29, 0.717) is 5.75 Å². The Kier molecular flexibility index (Phi) is 6.35. The molecule has 5 heteroatoms. The second-order valence-corrected chi connectivity index (χ2v) is 6.49. The van der Waals surface area contributed by atoms with Crippen LogP contribution in [0.4, 0.5) is 0 Å². The molecular formula is C21H28O5. The van der Waals surface area contributed by atoms with Crippen LogP contribution < -0.4 is 14.2 Å². The largest absolute Gasteiger partial charge is 0.496 e. The third kappa shape index (κ3) is 3.43. The van der Waals surface area contributed by atoms with Crippen molar-refractivity contribution >= 4 is 5.97 Å². The van der Waals surface area contributed by atoms with Crippen LogP contribution >= 0.6 is 0 Å². The first-order valence-electron chi connectivity index (χ1n) is 8.67. The maximum atomic E-state index is 11.5. The molecule has 1 aliphatic carbocycles. The number of allylic oxidation sites excluding steroid dienone is 3. The number of fused-ring (bicyclic) bond motifs is 1. The summed E-state index contributed by atoms with van der Waals surface area (Å²) in [7, 11) is 6.34. The summed E-state index contributed by atoms with van der Waals surface area (Å²) in [6, 6.07) is 0. The molecule has 0 amide bonds. The molecule has 3 atom stereocenters. The Balaban J connectivity index is 2.67. The van der Waals surface area contributed by atoms with Crippen molar-refractivity contribution in [2.24, 2.45) is 5.92 Å². The van der Waals surface area contributed by atoms with E-state index in [0.717, 1.165) is 28.2 Å². The average molecular weight is 360 g/mol. The predicted molar refractivity (Wildman–Crippen MR) is 101 cm³/mol. The number of carbonyl (C=O) groups is 1. The van der Waals surface area contributed by atoms with E-state index in [9.17, 15) is 4.79 Å². The minimum absolute atomic E-state index is 0.0514. The molecule has 0 saturated heterocycles. The lowest BCUT2D eigenvalue weighted by atomic mass is 9.75. The summed E-state index contributed by atoms with van der Waals surface area (Å²) in [6.07, 6.45) is 7.67. The van der Waals surface area contributed by atoms with Crippen LogP contribution in [0.25, 0.3) is 0 Å². The fourth-order valence-corrected chi connectivity index (χ4v) is 3.67. The molecule has 0 aliphatic heterocycles. The molecule has 0 fully saturated rings. The quantitative estimate of drug-likeness (QED) is 0.433. The summed E-state index contributed by atoms with van der Waals surface area (Å²) in [4.78, 5) is 11.5. The fraction of sp³-hybridized carbons (Fsp3) is 0.476. The SMILES string of the molecule is COC(=O)/C=C/[C@@H](C)[C@H]1C=C[C@H](C)c2c(OC)c(OC)c(C)c(OC)c21. The van der Waals surface area contributed by atoms with Gasteiger partial charge in [-0.1, -0.05) is 32.1 Å². The Morgan fingerprint density at radius 2 is 1.62 bits per heavy atom. The number of carbonyl (C=O) groups excluding carboxylic acids is 1. The van der Waals surface area contributed by atoms with Gasteiger partial charge in [-0.2, -0.15) is 0 Å². The van der Waals surface area contributed by atoms with Crippen molar-refractivity contribution in [2.75, 3.05) is 28.4 Å². The highest BCUT2D eigenvalue weighted by Crippen LogP contribution is 2.53. The van der Waals surface area contributed by atoms with Gasteiger partial charge in [0.1, 0.15) is 5.75 Å². The van der Waals surface area contributed by atoms with Gasteiger partial charge in [0.15, 0.2) is 11.5 Å². The first-order chi connectivity index (χ1) is 12.4. The molecule has 2 rings (SSSR count). The summed E-state index contributed by atoms with van der Waals surface area (Å²) in [5.41, 5.74) is 3.06. The Morgan fingerprint density at radius 1 is 1.00 bits per heavy atom. The van der Waals surface area contributed by atoms with Gasteiger partial charge < -0.3 is 18.9 Å². The first-order valence-corrected chi connectivity index (χ1v) is 8.67. The maximum Gasteiger partial charge on any atom is 0.330 e. The Bertz CT molecular complexity index is 733. The van der Waals surface area contributed by atoms with Crippen LogP contribution in [0.5, 0.6) is 17.2 Å². The van der Waals surface area contributed by atoms with Crippen molar-refractivity contribution in [3.63, 3.8) is 0 Å². The smallest absolute Gasteiger partial charge is 0.330 e. The second kappa shape index (κ2) is 8.30. The van der Waals surface area contributed by atoms with Gasteiger partial charge in [-0.05, 0) is 12.8 Å². The molecule has 0 saturated carbocycles. The lowest BCUT2D eigenvalue weighted by Gasteiger charge is -2.32. The van der Waals surface area contributed by atoms with Crippen molar-refractivity contribution in [2.45, 2.75) is 32.6 Å². The van der Waals surface area contributed by atoms with E-state index in [4.69, 9.17) is 18.9 Å². The molecule has 0 radical (unpaired) electrons. The lowest BCUT2D eigenvalue weighted by molar-refractivity contribution is -0.134. The first kappa shape index (κ1) is 19.9. The second-order valence-electron chi connectivity index (χ2n) is 6.49. The van der Waals surface area contributed by atoms with Crippen molar-refractivity contribution in [1.29, 1.82) is 0 Å². The molecule has 0 unspecified atom stereocenters. The average Bonchev–Trinajstić information content (AvgIpc) is 2.65. The number of rotatable bonds is 6.